The molecule has 118 valence electrons. The van der Waals surface area contributed by atoms with E-state index in [1.165, 1.54) is 16.8 Å². The molecule has 1 saturated heterocycles. The van der Waals surface area contributed by atoms with Gasteiger partial charge in [0, 0.05) is 39.4 Å². The molecule has 22 heavy (non-hydrogen) atoms. The highest BCUT2D eigenvalue weighted by Crippen LogP contribution is 2.18. The molecule has 8 nitrogen and oxygen atoms in total. The molecule has 0 bridgehead atoms. The van der Waals surface area contributed by atoms with Gasteiger partial charge < -0.3 is 9.47 Å². The van der Waals surface area contributed by atoms with Crippen LogP contribution in [-0.4, -0.2) is 58.7 Å². The van der Waals surface area contributed by atoms with E-state index in [1.54, 1.807) is 11.6 Å². The second-order valence-corrected chi connectivity index (χ2v) is 7.19. The van der Waals surface area contributed by atoms with Gasteiger partial charge in [-0.25, -0.2) is 13.4 Å². The standard InChI is InChI=1S/C13H18N6O2S/c1-11-3-4-12(16-15-11)18-5-7-19(8-6-18)22(20,21)13-9-17(2)10-14-13/h3-4,9-10H,5-8H2,1-2H3. The van der Waals surface area contributed by atoms with Gasteiger partial charge in [0.2, 0.25) is 0 Å². The van der Waals surface area contributed by atoms with Crippen molar-refractivity contribution in [1.29, 1.82) is 0 Å². The maximum atomic E-state index is 12.5. The molecule has 3 heterocycles. The van der Waals surface area contributed by atoms with E-state index in [2.05, 4.69) is 15.2 Å². The first-order valence-corrected chi connectivity index (χ1v) is 8.44. The molecule has 9 heteroatoms. The van der Waals surface area contributed by atoms with E-state index in [0.29, 0.717) is 26.2 Å². The van der Waals surface area contributed by atoms with E-state index in [4.69, 9.17) is 0 Å². The molecule has 0 amide bonds. The minimum Gasteiger partial charge on any atom is -0.352 e. The minimum absolute atomic E-state index is 0.0959. The summed E-state index contributed by atoms with van der Waals surface area (Å²) in [7, 11) is -1.76. The summed E-state index contributed by atoms with van der Waals surface area (Å²) in [6.07, 6.45) is 3.01. The van der Waals surface area contributed by atoms with Crippen LogP contribution in [0.15, 0.2) is 29.7 Å². The predicted molar refractivity (Wildman–Crippen MR) is 80.9 cm³/mol. The fraction of sp³-hybridized carbons (Fsp3) is 0.462. The summed E-state index contributed by atoms with van der Waals surface area (Å²) in [5, 5.41) is 8.28. The summed E-state index contributed by atoms with van der Waals surface area (Å²) in [5.74, 6) is 0.778. The van der Waals surface area contributed by atoms with E-state index in [9.17, 15) is 8.42 Å². The second-order valence-electron chi connectivity index (χ2n) is 5.30. The fourth-order valence-electron chi connectivity index (χ4n) is 2.37. The molecule has 1 aliphatic rings. The number of anilines is 1. The predicted octanol–water partition coefficient (Wildman–Crippen LogP) is 0.0294. The van der Waals surface area contributed by atoms with Crippen molar-refractivity contribution < 1.29 is 8.42 Å². The highest BCUT2D eigenvalue weighted by atomic mass is 32.2. The van der Waals surface area contributed by atoms with Crippen molar-refractivity contribution >= 4 is 15.8 Å². The monoisotopic (exact) mass is 322 g/mol. The Morgan fingerprint density at radius 1 is 1.09 bits per heavy atom. The van der Waals surface area contributed by atoms with Crippen LogP contribution in [0.5, 0.6) is 0 Å². The Morgan fingerprint density at radius 3 is 2.36 bits per heavy atom. The Hall–Kier alpha value is -2.00. The van der Waals surface area contributed by atoms with Crippen LogP contribution in [0.25, 0.3) is 0 Å². The minimum atomic E-state index is -3.51. The molecule has 3 rings (SSSR count). The van der Waals surface area contributed by atoms with Crippen molar-refractivity contribution in [2.75, 3.05) is 31.1 Å². The van der Waals surface area contributed by atoms with Gasteiger partial charge in [0.25, 0.3) is 10.0 Å². The van der Waals surface area contributed by atoms with Crippen LogP contribution in [-0.2, 0) is 17.1 Å². The van der Waals surface area contributed by atoms with Crippen LogP contribution in [0.3, 0.4) is 0 Å². The third-order valence-corrected chi connectivity index (χ3v) is 5.42. The zero-order chi connectivity index (χ0) is 15.7. The number of piperazine rings is 1. The first-order chi connectivity index (χ1) is 10.5. The van der Waals surface area contributed by atoms with Gasteiger partial charge in [-0.3, -0.25) is 0 Å². The van der Waals surface area contributed by atoms with Crippen LogP contribution in [0, 0.1) is 6.92 Å². The first-order valence-electron chi connectivity index (χ1n) is 7.00. The van der Waals surface area contributed by atoms with Crippen LogP contribution >= 0.6 is 0 Å². The number of rotatable bonds is 3. The fourth-order valence-corrected chi connectivity index (χ4v) is 3.76. The number of hydrogen-bond acceptors (Lipinski definition) is 6. The van der Waals surface area contributed by atoms with Gasteiger partial charge >= 0.3 is 0 Å². The molecular weight excluding hydrogens is 304 g/mol. The number of nitrogens with zero attached hydrogens (tertiary/aromatic N) is 6. The maximum absolute atomic E-state index is 12.5. The molecular formula is C13H18N6O2S. The third-order valence-electron chi connectivity index (χ3n) is 3.63. The number of imidazole rings is 1. The van der Waals surface area contributed by atoms with Crippen LogP contribution in [0.2, 0.25) is 0 Å². The van der Waals surface area contributed by atoms with Gasteiger partial charge in [0.1, 0.15) is 0 Å². The Kier molecular flexibility index (Phi) is 3.83. The van der Waals surface area contributed by atoms with Crippen molar-refractivity contribution in [3.63, 3.8) is 0 Å². The summed E-state index contributed by atoms with van der Waals surface area (Å²) in [4.78, 5) is 5.99. The molecule has 0 spiro atoms. The highest BCUT2D eigenvalue weighted by molar-refractivity contribution is 7.89. The number of aromatic nitrogens is 4. The summed E-state index contributed by atoms with van der Waals surface area (Å²) in [5.41, 5.74) is 0.861. The molecule has 1 aliphatic heterocycles. The smallest absolute Gasteiger partial charge is 0.262 e. The zero-order valence-electron chi connectivity index (χ0n) is 12.5. The molecule has 0 unspecified atom stereocenters. The highest BCUT2D eigenvalue weighted by Gasteiger charge is 2.30. The number of hydrogen-bond donors (Lipinski definition) is 0. The normalized spacial score (nSPS) is 16.9. The van der Waals surface area contributed by atoms with Crippen molar-refractivity contribution in [2.24, 2.45) is 7.05 Å². The van der Waals surface area contributed by atoms with Crippen molar-refractivity contribution in [3.05, 3.63) is 30.4 Å². The number of aryl methyl sites for hydroxylation is 2. The van der Waals surface area contributed by atoms with Crippen molar-refractivity contribution in [2.45, 2.75) is 11.9 Å². The van der Waals surface area contributed by atoms with Gasteiger partial charge in [-0.05, 0) is 19.1 Å². The topological polar surface area (TPSA) is 84.2 Å². The lowest BCUT2D eigenvalue weighted by Crippen LogP contribution is -2.49. The van der Waals surface area contributed by atoms with E-state index < -0.39 is 10.0 Å². The summed E-state index contributed by atoms with van der Waals surface area (Å²) in [6, 6.07) is 3.81. The molecule has 1 fully saturated rings. The van der Waals surface area contributed by atoms with E-state index in [-0.39, 0.29) is 5.03 Å². The SMILES string of the molecule is Cc1ccc(N2CCN(S(=O)(=O)c3cn(C)cn3)CC2)nn1. The molecule has 0 aliphatic carbocycles. The molecule has 0 radical (unpaired) electrons. The summed E-state index contributed by atoms with van der Waals surface area (Å²) >= 11 is 0. The Morgan fingerprint density at radius 2 is 1.82 bits per heavy atom. The van der Waals surface area contributed by atoms with E-state index in [0.717, 1.165) is 11.5 Å². The lowest BCUT2D eigenvalue weighted by atomic mass is 10.3. The zero-order valence-corrected chi connectivity index (χ0v) is 13.4. The van der Waals surface area contributed by atoms with E-state index in [1.807, 2.05) is 24.0 Å². The van der Waals surface area contributed by atoms with Gasteiger partial charge in [-0.1, -0.05) is 0 Å². The van der Waals surface area contributed by atoms with Gasteiger partial charge in [0.05, 0.1) is 12.0 Å². The van der Waals surface area contributed by atoms with Crippen molar-refractivity contribution in [3.8, 4) is 0 Å². The first kappa shape index (κ1) is 14.9. The summed E-state index contributed by atoms with van der Waals surface area (Å²) < 4.78 is 28.1. The molecule has 0 aromatic carbocycles. The Balaban J connectivity index is 1.70. The number of sulfonamides is 1. The second kappa shape index (κ2) is 5.65. The average Bonchev–Trinajstić information content (AvgIpc) is 2.96. The summed E-state index contributed by atoms with van der Waals surface area (Å²) in [6.45, 7) is 3.88. The third kappa shape index (κ3) is 2.81. The van der Waals surface area contributed by atoms with Crippen LogP contribution < -0.4 is 4.90 Å². The quantitative estimate of drug-likeness (QED) is 0.793. The van der Waals surface area contributed by atoms with Gasteiger partial charge in [-0.2, -0.15) is 9.40 Å². The lowest BCUT2D eigenvalue weighted by Gasteiger charge is -2.33. The Bertz CT molecular complexity index is 747. The molecule has 0 atom stereocenters. The van der Waals surface area contributed by atoms with E-state index >= 15 is 0 Å². The molecule has 0 N–H and O–H groups in total. The van der Waals surface area contributed by atoms with Crippen LogP contribution in [0.4, 0.5) is 5.82 Å². The van der Waals surface area contributed by atoms with Gasteiger partial charge in [0.15, 0.2) is 10.8 Å². The molecule has 0 saturated carbocycles. The van der Waals surface area contributed by atoms with Crippen molar-refractivity contribution in [1.82, 2.24) is 24.1 Å². The van der Waals surface area contributed by atoms with Crippen LogP contribution in [0.1, 0.15) is 5.69 Å². The molecule has 2 aromatic heterocycles. The largest absolute Gasteiger partial charge is 0.352 e. The average molecular weight is 322 g/mol. The lowest BCUT2D eigenvalue weighted by molar-refractivity contribution is 0.382. The Labute approximate surface area is 129 Å². The maximum Gasteiger partial charge on any atom is 0.262 e. The van der Waals surface area contributed by atoms with Gasteiger partial charge in [-0.15, -0.1) is 5.10 Å². The molecule has 2 aromatic rings.